The molecule has 1 saturated carbocycles. The zero-order valence-electron chi connectivity index (χ0n) is 12.7. The van der Waals surface area contributed by atoms with Crippen molar-refractivity contribution in [3.05, 3.63) is 0 Å². The lowest BCUT2D eigenvalue weighted by Gasteiger charge is -2.51. The van der Waals surface area contributed by atoms with Gasteiger partial charge in [0.15, 0.2) is 0 Å². The van der Waals surface area contributed by atoms with Crippen molar-refractivity contribution in [3.63, 3.8) is 0 Å². The molecule has 21 heavy (non-hydrogen) atoms. The summed E-state index contributed by atoms with van der Waals surface area (Å²) in [4.78, 5) is 33.5. The van der Waals surface area contributed by atoms with E-state index in [-0.39, 0.29) is 24.4 Å². The molecule has 4 heterocycles. The summed E-state index contributed by atoms with van der Waals surface area (Å²) in [5.41, 5.74) is 0. The van der Waals surface area contributed by atoms with E-state index >= 15 is 0 Å². The van der Waals surface area contributed by atoms with E-state index in [9.17, 15) is 9.59 Å². The highest BCUT2D eigenvalue weighted by molar-refractivity contribution is 5.89. The van der Waals surface area contributed by atoms with Crippen LogP contribution >= 0.6 is 0 Å². The Bertz CT molecular complexity index is 465. The van der Waals surface area contributed by atoms with Crippen LogP contribution < -0.4 is 0 Å². The third-order valence-corrected chi connectivity index (χ3v) is 5.49. The topological polar surface area (TPSA) is 47.1 Å². The van der Waals surface area contributed by atoms with Crippen molar-refractivity contribution in [3.8, 4) is 0 Å². The number of amides is 2. The second kappa shape index (κ2) is 4.95. The molecule has 4 atom stereocenters. The Morgan fingerprint density at radius 3 is 2.38 bits per heavy atom. The molecule has 5 aliphatic rings. The van der Waals surface area contributed by atoms with Crippen LogP contribution in [-0.2, 0) is 9.59 Å². The first-order chi connectivity index (χ1) is 10.1. The number of hydrogen-bond donors (Lipinski definition) is 0. The fourth-order valence-corrected chi connectivity index (χ4v) is 4.01. The number of carbonyl (C=O) groups is 2. The van der Waals surface area contributed by atoms with Crippen LogP contribution in [0.3, 0.4) is 0 Å². The quantitative estimate of drug-likeness (QED) is 0.669. The molecule has 5 rings (SSSR count). The molecule has 1 aliphatic carbocycles. The van der Waals surface area contributed by atoms with Crippen molar-refractivity contribution in [1.29, 1.82) is 0 Å². The van der Waals surface area contributed by atoms with Crippen molar-refractivity contribution in [2.45, 2.75) is 37.9 Å². The molecule has 0 N–H and O–H groups in total. The minimum Gasteiger partial charge on any atom is -0.336 e. The van der Waals surface area contributed by atoms with Crippen LogP contribution in [0.4, 0.5) is 0 Å². The van der Waals surface area contributed by atoms with Gasteiger partial charge in [-0.25, -0.2) is 0 Å². The highest BCUT2D eigenvalue weighted by atomic mass is 16.2. The van der Waals surface area contributed by atoms with Gasteiger partial charge in [0, 0.05) is 51.4 Å². The maximum absolute atomic E-state index is 12.8. The van der Waals surface area contributed by atoms with Crippen LogP contribution in [0.2, 0.25) is 0 Å². The molecule has 2 amide bonds. The van der Waals surface area contributed by atoms with Crippen molar-refractivity contribution < 1.29 is 9.59 Å². The minimum absolute atomic E-state index is 0.0322. The third kappa shape index (κ3) is 2.34. The molecule has 0 aromatic carbocycles. The number of hydrogen-bond acceptors (Lipinski definition) is 4. The largest absolute Gasteiger partial charge is 0.336 e. The Labute approximate surface area is 125 Å². The fourth-order valence-electron chi connectivity index (χ4n) is 4.01. The lowest BCUT2D eigenvalue weighted by atomic mass is 10.0. The molecule has 0 aromatic heterocycles. The van der Waals surface area contributed by atoms with Gasteiger partial charge in [0.2, 0.25) is 11.8 Å². The predicted octanol–water partition coefficient (Wildman–Crippen LogP) is -0.792. The summed E-state index contributed by atoms with van der Waals surface area (Å²) in [5.74, 6) is 0.303. The molecule has 116 valence electrons. The number of nitrogens with zero attached hydrogens (tertiary/aromatic N) is 4. The smallest absolute Gasteiger partial charge is 0.242 e. The van der Waals surface area contributed by atoms with Crippen LogP contribution in [-0.4, -0.2) is 95.4 Å². The summed E-state index contributed by atoms with van der Waals surface area (Å²) in [6.45, 7) is 7.81. The predicted molar refractivity (Wildman–Crippen MR) is 77.7 cm³/mol. The average Bonchev–Trinajstić information content (AvgIpc) is 3.31. The molecule has 6 nitrogen and oxygen atoms in total. The summed E-state index contributed by atoms with van der Waals surface area (Å²) in [6.07, 6.45) is 2.28. The molecular formula is C15H24N4O2. The molecular weight excluding hydrogens is 268 g/mol. The van der Waals surface area contributed by atoms with Gasteiger partial charge in [-0.2, -0.15) is 0 Å². The van der Waals surface area contributed by atoms with Crippen molar-refractivity contribution >= 4 is 11.8 Å². The van der Waals surface area contributed by atoms with E-state index in [4.69, 9.17) is 0 Å². The second-order valence-corrected chi connectivity index (χ2v) is 6.93. The number of fused-ring (bicyclic) bond motifs is 3. The SMILES string of the molecule is CC1CN2CCN1CC2C(=O)N1CCN(C2CC2)C(=O)C1. The summed E-state index contributed by atoms with van der Waals surface area (Å²) in [7, 11) is 0. The monoisotopic (exact) mass is 292 g/mol. The van der Waals surface area contributed by atoms with E-state index in [1.807, 2.05) is 4.90 Å². The van der Waals surface area contributed by atoms with E-state index in [0.717, 1.165) is 45.6 Å². The first-order valence-electron chi connectivity index (χ1n) is 8.20. The lowest BCUT2D eigenvalue weighted by Crippen LogP contribution is -2.69. The maximum atomic E-state index is 12.8. The highest BCUT2D eigenvalue weighted by Crippen LogP contribution is 2.28. The van der Waals surface area contributed by atoms with Crippen molar-refractivity contribution in [1.82, 2.24) is 19.6 Å². The van der Waals surface area contributed by atoms with Gasteiger partial charge < -0.3 is 9.80 Å². The van der Waals surface area contributed by atoms with Gasteiger partial charge in [-0.1, -0.05) is 0 Å². The van der Waals surface area contributed by atoms with Crippen LogP contribution in [0.5, 0.6) is 0 Å². The van der Waals surface area contributed by atoms with Gasteiger partial charge in [-0.15, -0.1) is 0 Å². The summed E-state index contributed by atoms with van der Waals surface area (Å²) in [6, 6.07) is 0.988. The Hall–Kier alpha value is -1.14. The van der Waals surface area contributed by atoms with E-state index in [0.29, 0.717) is 18.6 Å². The maximum Gasteiger partial charge on any atom is 0.242 e. The van der Waals surface area contributed by atoms with Gasteiger partial charge in [-0.3, -0.25) is 19.4 Å². The molecule has 4 saturated heterocycles. The first-order valence-corrected chi connectivity index (χ1v) is 8.20. The Morgan fingerprint density at radius 2 is 1.81 bits per heavy atom. The van der Waals surface area contributed by atoms with Gasteiger partial charge >= 0.3 is 0 Å². The summed E-state index contributed by atoms with van der Waals surface area (Å²) in [5, 5.41) is 0. The zero-order chi connectivity index (χ0) is 14.6. The number of piperazine rings is 4. The fraction of sp³-hybridized carbons (Fsp3) is 0.867. The molecule has 0 spiro atoms. The second-order valence-electron chi connectivity index (χ2n) is 6.93. The summed E-state index contributed by atoms with van der Waals surface area (Å²) >= 11 is 0. The van der Waals surface area contributed by atoms with E-state index < -0.39 is 0 Å². The Morgan fingerprint density at radius 1 is 1.05 bits per heavy atom. The number of carbonyl (C=O) groups excluding carboxylic acids is 2. The molecule has 4 unspecified atom stereocenters. The molecule has 0 aromatic rings. The van der Waals surface area contributed by atoms with E-state index in [1.165, 1.54) is 0 Å². The molecule has 6 heteroatoms. The van der Waals surface area contributed by atoms with Crippen LogP contribution in [0, 0.1) is 0 Å². The van der Waals surface area contributed by atoms with Crippen LogP contribution in [0.15, 0.2) is 0 Å². The average molecular weight is 292 g/mol. The molecule has 2 bridgehead atoms. The Kier molecular flexibility index (Phi) is 3.19. The van der Waals surface area contributed by atoms with Gasteiger partial charge in [0.25, 0.3) is 0 Å². The van der Waals surface area contributed by atoms with Crippen molar-refractivity contribution in [2.24, 2.45) is 0 Å². The van der Waals surface area contributed by atoms with Gasteiger partial charge in [0.05, 0.1) is 6.54 Å². The minimum atomic E-state index is -0.0322. The molecule has 0 radical (unpaired) electrons. The highest BCUT2D eigenvalue weighted by Gasteiger charge is 2.43. The Balaban J connectivity index is 1.40. The normalized spacial score (nSPS) is 39.8. The third-order valence-electron chi connectivity index (χ3n) is 5.49. The van der Waals surface area contributed by atoms with E-state index in [1.54, 1.807) is 4.90 Å². The first kappa shape index (κ1) is 13.5. The lowest BCUT2D eigenvalue weighted by molar-refractivity contribution is -0.153. The van der Waals surface area contributed by atoms with Gasteiger partial charge in [0.1, 0.15) is 6.04 Å². The van der Waals surface area contributed by atoms with Gasteiger partial charge in [-0.05, 0) is 19.8 Å². The molecule has 4 aliphatic heterocycles. The van der Waals surface area contributed by atoms with Crippen LogP contribution in [0.25, 0.3) is 0 Å². The van der Waals surface area contributed by atoms with Crippen LogP contribution in [0.1, 0.15) is 19.8 Å². The van der Waals surface area contributed by atoms with E-state index in [2.05, 4.69) is 16.7 Å². The van der Waals surface area contributed by atoms with Crippen molar-refractivity contribution in [2.75, 3.05) is 45.8 Å². The summed E-state index contributed by atoms with van der Waals surface area (Å²) < 4.78 is 0. The molecule has 5 fully saturated rings. The zero-order valence-corrected chi connectivity index (χ0v) is 12.7. The standard InChI is InChI=1S/C15H24N4O2/c1-11-8-17-5-4-16(11)9-13(17)15(21)18-6-7-19(12-2-3-12)14(20)10-18/h11-13H,2-10H2,1H3. The number of rotatable bonds is 2.